The minimum Gasteiger partial charge on any atom is -0.327 e. The molecule has 15 heavy (non-hydrogen) atoms. The zero-order chi connectivity index (χ0) is 11.4. The van der Waals surface area contributed by atoms with Crippen LogP contribution in [0.25, 0.3) is 0 Å². The molecule has 1 saturated heterocycles. The smallest absolute Gasteiger partial charge is 0.319 e. The standard InChI is InChI=1S/C11H23N3O/c1-10(2)9-13(4)11(15)14-7-5-12(3)6-8-14/h10H,5-9H2,1-4H3. The Morgan fingerprint density at radius 3 is 2.27 bits per heavy atom. The number of urea groups is 1. The number of hydrogen-bond acceptors (Lipinski definition) is 2. The van der Waals surface area contributed by atoms with E-state index in [1.54, 1.807) is 0 Å². The average Bonchev–Trinajstić information content (AvgIpc) is 2.17. The summed E-state index contributed by atoms with van der Waals surface area (Å²) in [4.78, 5) is 18.0. The molecule has 0 radical (unpaired) electrons. The summed E-state index contributed by atoms with van der Waals surface area (Å²) in [7, 11) is 3.99. The van der Waals surface area contributed by atoms with E-state index in [1.807, 2.05) is 16.8 Å². The number of hydrogen-bond donors (Lipinski definition) is 0. The molecule has 1 heterocycles. The molecule has 1 rings (SSSR count). The highest BCUT2D eigenvalue weighted by molar-refractivity contribution is 5.74. The van der Waals surface area contributed by atoms with E-state index in [9.17, 15) is 4.79 Å². The normalized spacial score (nSPS) is 18.3. The molecule has 0 N–H and O–H groups in total. The number of amides is 2. The van der Waals surface area contributed by atoms with Gasteiger partial charge in [0.15, 0.2) is 0 Å². The van der Waals surface area contributed by atoms with Crippen LogP contribution in [0, 0.1) is 5.92 Å². The van der Waals surface area contributed by atoms with Crippen molar-refractivity contribution >= 4 is 6.03 Å². The van der Waals surface area contributed by atoms with Gasteiger partial charge in [-0.3, -0.25) is 0 Å². The summed E-state index contributed by atoms with van der Waals surface area (Å²) in [6.45, 7) is 8.80. The second-order valence-corrected chi connectivity index (χ2v) is 4.85. The van der Waals surface area contributed by atoms with E-state index in [-0.39, 0.29) is 6.03 Å². The van der Waals surface area contributed by atoms with Crippen LogP contribution in [0.2, 0.25) is 0 Å². The summed E-state index contributed by atoms with van der Waals surface area (Å²) in [6.07, 6.45) is 0. The molecule has 1 fully saturated rings. The second-order valence-electron chi connectivity index (χ2n) is 4.85. The molecule has 0 atom stereocenters. The molecule has 0 aromatic heterocycles. The Labute approximate surface area is 92.8 Å². The fourth-order valence-electron chi connectivity index (χ4n) is 1.86. The van der Waals surface area contributed by atoms with Crippen LogP contribution in [0.1, 0.15) is 13.8 Å². The number of likely N-dealkylation sites (N-methyl/N-ethyl adjacent to an activating group) is 1. The van der Waals surface area contributed by atoms with Crippen LogP contribution in [0.4, 0.5) is 4.79 Å². The van der Waals surface area contributed by atoms with E-state index in [0.29, 0.717) is 5.92 Å². The van der Waals surface area contributed by atoms with Crippen LogP contribution < -0.4 is 0 Å². The summed E-state index contributed by atoms with van der Waals surface area (Å²) in [5.41, 5.74) is 0. The second kappa shape index (κ2) is 5.35. The predicted octanol–water partition coefficient (Wildman–Crippen LogP) is 0.942. The van der Waals surface area contributed by atoms with Crippen LogP contribution in [-0.4, -0.2) is 67.5 Å². The summed E-state index contributed by atoms with van der Waals surface area (Å²) in [5, 5.41) is 0. The van der Waals surface area contributed by atoms with Crippen molar-refractivity contribution in [1.82, 2.24) is 14.7 Å². The van der Waals surface area contributed by atoms with Crippen LogP contribution in [0.5, 0.6) is 0 Å². The van der Waals surface area contributed by atoms with Gasteiger partial charge in [-0.1, -0.05) is 13.8 Å². The van der Waals surface area contributed by atoms with Gasteiger partial charge in [0.1, 0.15) is 0 Å². The van der Waals surface area contributed by atoms with Gasteiger partial charge >= 0.3 is 6.03 Å². The molecular formula is C11H23N3O. The molecule has 0 aromatic rings. The molecule has 0 bridgehead atoms. The minimum absolute atomic E-state index is 0.178. The van der Waals surface area contributed by atoms with Crippen molar-refractivity contribution in [2.45, 2.75) is 13.8 Å². The van der Waals surface area contributed by atoms with Crippen molar-refractivity contribution in [2.75, 3.05) is 46.8 Å². The SMILES string of the molecule is CC(C)CN(C)C(=O)N1CCN(C)CC1. The molecule has 0 spiro atoms. The fraction of sp³-hybridized carbons (Fsp3) is 0.909. The summed E-state index contributed by atoms with van der Waals surface area (Å²) in [5.74, 6) is 0.534. The van der Waals surface area contributed by atoms with E-state index >= 15 is 0 Å². The Bertz CT molecular complexity index is 210. The highest BCUT2D eigenvalue weighted by Crippen LogP contribution is 2.05. The zero-order valence-electron chi connectivity index (χ0n) is 10.4. The van der Waals surface area contributed by atoms with Crippen molar-refractivity contribution in [3.05, 3.63) is 0 Å². The lowest BCUT2D eigenvalue weighted by Gasteiger charge is -2.35. The van der Waals surface area contributed by atoms with Crippen molar-refractivity contribution in [3.8, 4) is 0 Å². The van der Waals surface area contributed by atoms with Crippen molar-refractivity contribution in [1.29, 1.82) is 0 Å². The van der Waals surface area contributed by atoms with Gasteiger partial charge in [0.2, 0.25) is 0 Å². The van der Waals surface area contributed by atoms with Gasteiger partial charge in [0, 0.05) is 39.8 Å². The largest absolute Gasteiger partial charge is 0.327 e. The molecule has 1 aliphatic heterocycles. The highest BCUT2D eigenvalue weighted by Gasteiger charge is 2.21. The van der Waals surface area contributed by atoms with Crippen LogP contribution >= 0.6 is 0 Å². The quantitative estimate of drug-likeness (QED) is 0.682. The van der Waals surface area contributed by atoms with Crippen molar-refractivity contribution in [2.24, 2.45) is 5.92 Å². The lowest BCUT2D eigenvalue weighted by atomic mass is 10.2. The Hall–Kier alpha value is -0.770. The summed E-state index contributed by atoms with van der Waals surface area (Å²) in [6, 6.07) is 0.178. The molecule has 2 amide bonds. The number of rotatable bonds is 2. The highest BCUT2D eigenvalue weighted by atomic mass is 16.2. The van der Waals surface area contributed by atoms with Gasteiger partial charge < -0.3 is 14.7 Å². The van der Waals surface area contributed by atoms with Gasteiger partial charge in [-0.15, -0.1) is 0 Å². The fourth-order valence-corrected chi connectivity index (χ4v) is 1.86. The lowest BCUT2D eigenvalue weighted by molar-refractivity contribution is 0.126. The lowest BCUT2D eigenvalue weighted by Crippen LogP contribution is -2.51. The molecule has 1 aliphatic rings. The zero-order valence-corrected chi connectivity index (χ0v) is 10.4. The van der Waals surface area contributed by atoms with E-state index in [2.05, 4.69) is 25.8 Å². The summed E-state index contributed by atoms with van der Waals surface area (Å²) < 4.78 is 0. The number of nitrogens with zero attached hydrogens (tertiary/aromatic N) is 3. The molecule has 0 aromatic carbocycles. The van der Waals surface area contributed by atoms with Crippen molar-refractivity contribution in [3.63, 3.8) is 0 Å². The van der Waals surface area contributed by atoms with Gasteiger partial charge in [-0.25, -0.2) is 4.79 Å². The Morgan fingerprint density at radius 2 is 1.80 bits per heavy atom. The molecule has 4 heteroatoms. The first kappa shape index (κ1) is 12.3. The number of carbonyl (C=O) groups is 1. The number of carbonyl (C=O) groups excluding carboxylic acids is 1. The van der Waals surface area contributed by atoms with Crippen molar-refractivity contribution < 1.29 is 4.79 Å². The molecule has 4 nitrogen and oxygen atoms in total. The Balaban J connectivity index is 2.39. The van der Waals surface area contributed by atoms with Crippen LogP contribution in [0.3, 0.4) is 0 Å². The van der Waals surface area contributed by atoms with E-state index in [1.165, 1.54) is 0 Å². The average molecular weight is 213 g/mol. The summed E-state index contributed by atoms with van der Waals surface area (Å²) >= 11 is 0. The van der Waals surface area contributed by atoms with Gasteiger partial charge in [-0.2, -0.15) is 0 Å². The van der Waals surface area contributed by atoms with Gasteiger partial charge in [0.05, 0.1) is 0 Å². The first-order valence-corrected chi connectivity index (χ1v) is 5.69. The number of piperazine rings is 1. The Morgan fingerprint density at radius 1 is 1.27 bits per heavy atom. The molecular weight excluding hydrogens is 190 g/mol. The third kappa shape index (κ3) is 3.70. The minimum atomic E-state index is 0.178. The third-order valence-electron chi connectivity index (χ3n) is 2.74. The molecule has 0 aliphatic carbocycles. The van der Waals surface area contributed by atoms with Gasteiger partial charge in [0.25, 0.3) is 0 Å². The maximum Gasteiger partial charge on any atom is 0.319 e. The van der Waals surface area contributed by atoms with E-state index in [4.69, 9.17) is 0 Å². The van der Waals surface area contributed by atoms with Crippen LogP contribution in [-0.2, 0) is 0 Å². The van der Waals surface area contributed by atoms with Gasteiger partial charge in [-0.05, 0) is 13.0 Å². The molecule has 0 saturated carbocycles. The molecule has 88 valence electrons. The topological polar surface area (TPSA) is 26.8 Å². The predicted molar refractivity (Wildman–Crippen MR) is 61.9 cm³/mol. The first-order valence-electron chi connectivity index (χ1n) is 5.69. The monoisotopic (exact) mass is 213 g/mol. The molecule has 0 unspecified atom stereocenters. The maximum absolute atomic E-state index is 12.0. The van der Waals surface area contributed by atoms with E-state index < -0.39 is 0 Å². The third-order valence-corrected chi connectivity index (χ3v) is 2.74. The van der Waals surface area contributed by atoms with Crippen LogP contribution in [0.15, 0.2) is 0 Å². The maximum atomic E-state index is 12.0. The van der Waals surface area contributed by atoms with E-state index in [0.717, 1.165) is 32.7 Å². The Kier molecular flexibility index (Phi) is 4.39. The first-order chi connectivity index (χ1) is 7.00.